The number of hydrogen-bond donors (Lipinski definition) is 1. The zero-order chi connectivity index (χ0) is 13.7. The average molecular weight is 262 g/mol. The van der Waals surface area contributed by atoms with Crippen molar-refractivity contribution in [2.24, 2.45) is 5.73 Å². The Labute approximate surface area is 114 Å². The summed E-state index contributed by atoms with van der Waals surface area (Å²) in [6.07, 6.45) is 1.56. The topological polar surface area (TPSA) is 55.6 Å². The molecule has 2 atom stereocenters. The summed E-state index contributed by atoms with van der Waals surface area (Å²) in [4.78, 5) is 14.2. The molecular weight excluding hydrogens is 240 g/mol. The highest BCUT2D eigenvalue weighted by molar-refractivity contribution is 5.82. The van der Waals surface area contributed by atoms with Crippen molar-refractivity contribution >= 4 is 5.91 Å². The van der Waals surface area contributed by atoms with E-state index in [9.17, 15) is 4.79 Å². The Morgan fingerprint density at radius 1 is 1.47 bits per heavy atom. The molecule has 1 aromatic carbocycles. The standard InChI is InChI=1S/C15H22N2O2/c1-12-11-17(8-5-9-19-12)15(18)14(16)10-13-6-3-2-4-7-13/h2-4,6-7,12,14H,5,8-11,16H2,1H3. The Morgan fingerprint density at radius 3 is 2.95 bits per heavy atom. The monoisotopic (exact) mass is 262 g/mol. The van der Waals surface area contributed by atoms with Gasteiger partial charge in [-0.3, -0.25) is 4.79 Å². The highest BCUT2D eigenvalue weighted by Gasteiger charge is 2.24. The van der Waals surface area contributed by atoms with Crippen molar-refractivity contribution in [2.45, 2.75) is 31.9 Å². The Kier molecular flexibility index (Phi) is 4.93. The molecule has 1 amide bonds. The SMILES string of the molecule is CC1CN(C(=O)C(N)Cc2ccccc2)CCCO1. The Morgan fingerprint density at radius 2 is 2.21 bits per heavy atom. The molecule has 0 saturated carbocycles. The first-order valence-corrected chi connectivity index (χ1v) is 6.86. The zero-order valence-electron chi connectivity index (χ0n) is 11.4. The Balaban J connectivity index is 1.94. The molecule has 4 nitrogen and oxygen atoms in total. The van der Waals surface area contributed by atoms with E-state index in [1.807, 2.05) is 42.2 Å². The molecule has 1 aliphatic rings. The van der Waals surface area contributed by atoms with Crippen molar-refractivity contribution < 1.29 is 9.53 Å². The van der Waals surface area contributed by atoms with E-state index in [2.05, 4.69) is 0 Å². The molecule has 1 aliphatic heterocycles. The van der Waals surface area contributed by atoms with Crippen LogP contribution in [0, 0.1) is 0 Å². The van der Waals surface area contributed by atoms with E-state index in [1.54, 1.807) is 0 Å². The summed E-state index contributed by atoms with van der Waals surface area (Å²) in [5, 5.41) is 0. The highest BCUT2D eigenvalue weighted by atomic mass is 16.5. The summed E-state index contributed by atoms with van der Waals surface area (Å²) in [5.41, 5.74) is 7.14. The van der Waals surface area contributed by atoms with Crippen LogP contribution in [0.4, 0.5) is 0 Å². The first-order chi connectivity index (χ1) is 9.16. The van der Waals surface area contributed by atoms with E-state index in [0.29, 0.717) is 13.0 Å². The molecule has 104 valence electrons. The third kappa shape index (κ3) is 4.04. The fourth-order valence-electron chi connectivity index (χ4n) is 2.38. The van der Waals surface area contributed by atoms with Crippen molar-refractivity contribution in [1.29, 1.82) is 0 Å². The van der Waals surface area contributed by atoms with Gasteiger partial charge in [0, 0.05) is 19.7 Å². The lowest BCUT2D eigenvalue weighted by atomic mass is 10.1. The maximum atomic E-state index is 12.3. The van der Waals surface area contributed by atoms with E-state index in [1.165, 1.54) is 0 Å². The molecule has 2 N–H and O–H groups in total. The van der Waals surface area contributed by atoms with Gasteiger partial charge in [0.15, 0.2) is 0 Å². The van der Waals surface area contributed by atoms with Gasteiger partial charge in [0.2, 0.25) is 5.91 Å². The fraction of sp³-hybridized carbons (Fsp3) is 0.533. The van der Waals surface area contributed by atoms with Crippen LogP contribution in [0.3, 0.4) is 0 Å². The van der Waals surface area contributed by atoms with Crippen LogP contribution >= 0.6 is 0 Å². The first kappa shape index (κ1) is 14.0. The molecule has 2 unspecified atom stereocenters. The number of hydrogen-bond acceptors (Lipinski definition) is 3. The van der Waals surface area contributed by atoms with Gasteiger partial charge in [-0.15, -0.1) is 0 Å². The maximum absolute atomic E-state index is 12.3. The van der Waals surface area contributed by atoms with Crippen molar-refractivity contribution in [1.82, 2.24) is 4.90 Å². The lowest BCUT2D eigenvalue weighted by Crippen LogP contribution is -2.46. The minimum absolute atomic E-state index is 0.0289. The molecule has 1 aromatic rings. The highest BCUT2D eigenvalue weighted by Crippen LogP contribution is 2.09. The van der Waals surface area contributed by atoms with Gasteiger partial charge >= 0.3 is 0 Å². The van der Waals surface area contributed by atoms with Crippen LogP contribution in [0.5, 0.6) is 0 Å². The van der Waals surface area contributed by atoms with E-state index in [4.69, 9.17) is 10.5 Å². The van der Waals surface area contributed by atoms with E-state index < -0.39 is 6.04 Å². The minimum atomic E-state index is -0.465. The summed E-state index contributed by atoms with van der Waals surface area (Å²) < 4.78 is 5.55. The normalized spacial score (nSPS) is 21.8. The summed E-state index contributed by atoms with van der Waals surface area (Å²) in [6.45, 7) is 4.10. The van der Waals surface area contributed by atoms with Gasteiger partial charge in [0.25, 0.3) is 0 Å². The molecule has 1 saturated heterocycles. The first-order valence-electron chi connectivity index (χ1n) is 6.86. The van der Waals surface area contributed by atoms with Gasteiger partial charge in [-0.2, -0.15) is 0 Å². The van der Waals surface area contributed by atoms with Crippen molar-refractivity contribution in [2.75, 3.05) is 19.7 Å². The van der Waals surface area contributed by atoms with Crippen LogP contribution in [0.2, 0.25) is 0 Å². The van der Waals surface area contributed by atoms with Crippen LogP contribution in [0.25, 0.3) is 0 Å². The molecule has 19 heavy (non-hydrogen) atoms. The maximum Gasteiger partial charge on any atom is 0.239 e. The summed E-state index contributed by atoms with van der Waals surface area (Å²) in [7, 11) is 0. The number of carbonyl (C=O) groups is 1. The number of rotatable bonds is 3. The second-order valence-corrected chi connectivity index (χ2v) is 5.12. The van der Waals surface area contributed by atoms with E-state index in [-0.39, 0.29) is 12.0 Å². The third-order valence-corrected chi connectivity index (χ3v) is 3.38. The predicted octanol–water partition coefficient (Wildman–Crippen LogP) is 1.19. The Hall–Kier alpha value is -1.39. The summed E-state index contributed by atoms with van der Waals surface area (Å²) in [6, 6.07) is 9.43. The second-order valence-electron chi connectivity index (χ2n) is 5.12. The van der Waals surface area contributed by atoms with Crippen LogP contribution < -0.4 is 5.73 Å². The second kappa shape index (κ2) is 6.68. The number of carbonyl (C=O) groups excluding carboxylic acids is 1. The third-order valence-electron chi connectivity index (χ3n) is 3.38. The van der Waals surface area contributed by atoms with E-state index >= 15 is 0 Å². The van der Waals surface area contributed by atoms with E-state index in [0.717, 1.165) is 25.1 Å². The van der Waals surface area contributed by atoms with Gasteiger partial charge in [-0.05, 0) is 25.3 Å². The van der Waals surface area contributed by atoms with Crippen molar-refractivity contribution in [3.63, 3.8) is 0 Å². The molecule has 2 rings (SSSR count). The zero-order valence-corrected chi connectivity index (χ0v) is 11.4. The number of amides is 1. The van der Waals surface area contributed by atoms with Gasteiger partial charge in [0.05, 0.1) is 12.1 Å². The molecule has 0 aromatic heterocycles. The number of ether oxygens (including phenoxy) is 1. The van der Waals surface area contributed by atoms with Crippen molar-refractivity contribution in [3.05, 3.63) is 35.9 Å². The molecule has 0 radical (unpaired) electrons. The van der Waals surface area contributed by atoms with Crippen LogP contribution in [-0.4, -0.2) is 42.6 Å². The van der Waals surface area contributed by atoms with Gasteiger partial charge < -0.3 is 15.4 Å². The minimum Gasteiger partial charge on any atom is -0.377 e. The fourth-order valence-corrected chi connectivity index (χ4v) is 2.38. The van der Waals surface area contributed by atoms with Crippen LogP contribution in [-0.2, 0) is 16.0 Å². The number of nitrogens with two attached hydrogens (primary N) is 1. The van der Waals surface area contributed by atoms with Crippen LogP contribution in [0.1, 0.15) is 18.9 Å². The molecule has 1 heterocycles. The average Bonchev–Trinajstić information content (AvgIpc) is 2.63. The van der Waals surface area contributed by atoms with Gasteiger partial charge in [-0.25, -0.2) is 0 Å². The number of nitrogens with zero attached hydrogens (tertiary/aromatic N) is 1. The molecule has 0 bridgehead atoms. The molecular formula is C15H22N2O2. The molecule has 0 aliphatic carbocycles. The summed E-state index contributed by atoms with van der Waals surface area (Å²) in [5.74, 6) is 0.0289. The summed E-state index contributed by atoms with van der Waals surface area (Å²) >= 11 is 0. The smallest absolute Gasteiger partial charge is 0.239 e. The largest absolute Gasteiger partial charge is 0.377 e. The predicted molar refractivity (Wildman–Crippen MR) is 74.7 cm³/mol. The van der Waals surface area contributed by atoms with Crippen molar-refractivity contribution in [3.8, 4) is 0 Å². The molecule has 4 heteroatoms. The lowest BCUT2D eigenvalue weighted by Gasteiger charge is -2.25. The number of benzene rings is 1. The quantitative estimate of drug-likeness (QED) is 0.890. The van der Waals surface area contributed by atoms with Gasteiger partial charge in [-0.1, -0.05) is 30.3 Å². The Bertz CT molecular complexity index is 408. The molecule has 0 spiro atoms. The van der Waals surface area contributed by atoms with Crippen LogP contribution in [0.15, 0.2) is 30.3 Å². The van der Waals surface area contributed by atoms with Gasteiger partial charge in [0.1, 0.15) is 0 Å². The molecule has 1 fully saturated rings. The lowest BCUT2D eigenvalue weighted by molar-refractivity contribution is -0.133.